The Hall–Kier alpha value is -2.67. The number of aromatic nitrogens is 2. The lowest BCUT2D eigenvalue weighted by Crippen LogP contribution is -2.20. The Bertz CT molecular complexity index is 891. The fourth-order valence-corrected chi connectivity index (χ4v) is 2.56. The number of halogens is 1. The Balaban J connectivity index is 1.57. The minimum Gasteiger partial charge on any atom is -0.484 e. The lowest BCUT2D eigenvalue weighted by atomic mass is 10.2. The molecule has 2 aromatic carbocycles. The molecule has 7 heteroatoms. The Kier molecular flexibility index (Phi) is 5.68. The van der Waals surface area contributed by atoms with Gasteiger partial charge in [-0.1, -0.05) is 31.1 Å². The monoisotopic (exact) mass is 415 g/mol. The van der Waals surface area contributed by atoms with E-state index in [4.69, 9.17) is 9.26 Å². The molecule has 0 unspecified atom stereocenters. The Morgan fingerprint density at radius 3 is 2.58 bits per heavy atom. The first kappa shape index (κ1) is 18.1. The van der Waals surface area contributed by atoms with Crippen molar-refractivity contribution >= 4 is 27.5 Å². The maximum atomic E-state index is 12.0. The zero-order chi connectivity index (χ0) is 18.5. The molecule has 0 bridgehead atoms. The molecule has 0 saturated heterocycles. The number of nitrogens with one attached hydrogen (secondary N) is 1. The highest BCUT2D eigenvalue weighted by molar-refractivity contribution is 9.10. The molecule has 3 aromatic rings. The standard InChI is InChI=1S/C19H18BrN3O3/c1-12(2)18-22-19(26-23-18)13-7-9-14(10-8-13)25-11-17(24)21-16-6-4-3-5-15(16)20/h3-10,12H,11H2,1-2H3,(H,21,24). The van der Waals surface area contributed by atoms with Crippen LogP contribution in [0.2, 0.25) is 0 Å². The van der Waals surface area contributed by atoms with Crippen LogP contribution in [0.4, 0.5) is 5.69 Å². The number of ether oxygens (including phenoxy) is 1. The van der Waals surface area contributed by atoms with E-state index in [9.17, 15) is 4.79 Å². The van der Waals surface area contributed by atoms with Crippen molar-refractivity contribution in [1.29, 1.82) is 0 Å². The van der Waals surface area contributed by atoms with Gasteiger partial charge in [-0.05, 0) is 52.3 Å². The molecule has 0 aliphatic heterocycles. The molecule has 0 atom stereocenters. The third-order valence-corrected chi connectivity index (χ3v) is 4.27. The number of rotatable bonds is 6. The van der Waals surface area contributed by atoms with Crippen LogP contribution < -0.4 is 10.1 Å². The first-order valence-electron chi connectivity index (χ1n) is 8.14. The number of hydrogen-bond donors (Lipinski definition) is 1. The van der Waals surface area contributed by atoms with Gasteiger partial charge < -0.3 is 14.6 Å². The summed E-state index contributed by atoms with van der Waals surface area (Å²) in [5, 5.41) is 6.73. The van der Waals surface area contributed by atoms with Crippen molar-refractivity contribution in [1.82, 2.24) is 10.1 Å². The molecule has 0 fully saturated rings. The zero-order valence-electron chi connectivity index (χ0n) is 14.4. The molecule has 0 saturated carbocycles. The summed E-state index contributed by atoms with van der Waals surface area (Å²) in [5.74, 6) is 1.69. The minimum atomic E-state index is -0.237. The zero-order valence-corrected chi connectivity index (χ0v) is 16.0. The fourth-order valence-electron chi connectivity index (χ4n) is 2.18. The number of carbonyl (C=O) groups is 1. The lowest BCUT2D eigenvalue weighted by Gasteiger charge is -2.09. The van der Waals surface area contributed by atoms with Crippen molar-refractivity contribution in [2.75, 3.05) is 11.9 Å². The minimum absolute atomic E-state index is 0.0846. The molecular weight excluding hydrogens is 398 g/mol. The van der Waals surface area contributed by atoms with Gasteiger partial charge in [0.25, 0.3) is 11.8 Å². The lowest BCUT2D eigenvalue weighted by molar-refractivity contribution is -0.118. The quantitative estimate of drug-likeness (QED) is 0.634. The van der Waals surface area contributed by atoms with E-state index in [1.165, 1.54) is 0 Å². The summed E-state index contributed by atoms with van der Waals surface area (Å²) in [6, 6.07) is 14.6. The topological polar surface area (TPSA) is 77.2 Å². The van der Waals surface area contributed by atoms with Crippen molar-refractivity contribution in [3.63, 3.8) is 0 Å². The molecule has 6 nitrogen and oxygen atoms in total. The predicted octanol–water partition coefficient (Wildman–Crippen LogP) is 4.64. The molecule has 1 aromatic heterocycles. The molecule has 1 heterocycles. The highest BCUT2D eigenvalue weighted by Crippen LogP contribution is 2.23. The number of para-hydroxylation sites is 1. The van der Waals surface area contributed by atoms with E-state index in [0.717, 1.165) is 10.0 Å². The first-order chi connectivity index (χ1) is 12.5. The Labute approximate surface area is 159 Å². The van der Waals surface area contributed by atoms with E-state index in [1.807, 2.05) is 50.2 Å². The van der Waals surface area contributed by atoms with Gasteiger partial charge in [0.2, 0.25) is 0 Å². The second kappa shape index (κ2) is 8.14. The maximum absolute atomic E-state index is 12.0. The molecular formula is C19H18BrN3O3. The van der Waals surface area contributed by atoms with Gasteiger partial charge in [0.05, 0.1) is 5.69 Å². The van der Waals surface area contributed by atoms with Crippen LogP contribution in [0.15, 0.2) is 57.5 Å². The van der Waals surface area contributed by atoms with Crippen LogP contribution in [0.3, 0.4) is 0 Å². The van der Waals surface area contributed by atoms with Crippen LogP contribution in [-0.4, -0.2) is 22.7 Å². The molecule has 26 heavy (non-hydrogen) atoms. The summed E-state index contributed by atoms with van der Waals surface area (Å²) in [6.07, 6.45) is 0. The number of amides is 1. The summed E-state index contributed by atoms with van der Waals surface area (Å²) in [4.78, 5) is 16.4. The third-order valence-electron chi connectivity index (χ3n) is 3.58. The summed E-state index contributed by atoms with van der Waals surface area (Å²) in [6.45, 7) is 3.92. The average molecular weight is 416 g/mol. The molecule has 0 aliphatic rings. The highest BCUT2D eigenvalue weighted by atomic mass is 79.9. The number of anilines is 1. The Morgan fingerprint density at radius 2 is 1.92 bits per heavy atom. The van der Waals surface area contributed by atoms with Crippen molar-refractivity contribution in [3.8, 4) is 17.2 Å². The van der Waals surface area contributed by atoms with Gasteiger partial charge in [0.1, 0.15) is 5.75 Å². The van der Waals surface area contributed by atoms with Gasteiger partial charge in [-0.3, -0.25) is 4.79 Å². The van der Waals surface area contributed by atoms with Crippen LogP contribution in [0.25, 0.3) is 11.5 Å². The maximum Gasteiger partial charge on any atom is 0.262 e. The van der Waals surface area contributed by atoms with E-state index in [-0.39, 0.29) is 18.4 Å². The normalized spacial score (nSPS) is 10.8. The average Bonchev–Trinajstić information content (AvgIpc) is 3.13. The van der Waals surface area contributed by atoms with Gasteiger partial charge in [0.15, 0.2) is 12.4 Å². The van der Waals surface area contributed by atoms with Gasteiger partial charge in [-0.2, -0.15) is 4.98 Å². The number of benzene rings is 2. The summed E-state index contributed by atoms with van der Waals surface area (Å²) in [5.41, 5.74) is 1.50. The smallest absolute Gasteiger partial charge is 0.262 e. The second-order valence-electron chi connectivity index (χ2n) is 5.95. The van der Waals surface area contributed by atoms with Crippen molar-refractivity contribution in [2.24, 2.45) is 0 Å². The molecule has 0 spiro atoms. The molecule has 134 valence electrons. The van der Waals surface area contributed by atoms with E-state index in [2.05, 4.69) is 31.4 Å². The van der Waals surface area contributed by atoms with Crippen LogP contribution in [-0.2, 0) is 4.79 Å². The highest BCUT2D eigenvalue weighted by Gasteiger charge is 2.12. The van der Waals surface area contributed by atoms with Crippen molar-refractivity contribution in [2.45, 2.75) is 19.8 Å². The van der Waals surface area contributed by atoms with Gasteiger partial charge in [0, 0.05) is 16.0 Å². The first-order valence-corrected chi connectivity index (χ1v) is 8.93. The van der Waals surface area contributed by atoms with Crippen LogP contribution in [0.5, 0.6) is 5.75 Å². The van der Waals surface area contributed by atoms with E-state index in [1.54, 1.807) is 12.1 Å². The van der Waals surface area contributed by atoms with Gasteiger partial charge in [-0.15, -0.1) is 0 Å². The van der Waals surface area contributed by atoms with Gasteiger partial charge >= 0.3 is 0 Å². The van der Waals surface area contributed by atoms with E-state index >= 15 is 0 Å². The second-order valence-corrected chi connectivity index (χ2v) is 6.81. The number of nitrogens with zero attached hydrogens (tertiary/aromatic N) is 2. The fraction of sp³-hybridized carbons (Fsp3) is 0.211. The third kappa shape index (κ3) is 4.49. The predicted molar refractivity (Wildman–Crippen MR) is 102 cm³/mol. The SMILES string of the molecule is CC(C)c1noc(-c2ccc(OCC(=O)Nc3ccccc3Br)cc2)n1. The Morgan fingerprint density at radius 1 is 1.19 bits per heavy atom. The van der Waals surface area contributed by atoms with Crippen molar-refractivity contribution in [3.05, 3.63) is 58.8 Å². The van der Waals surface area contributed by atoms with Crippen molar-refractivity contribution < 1.29 is 14.1 Å². The molecule has 3 rings (SSSR count). The molecule has 0 radical (unpaired) electrons. The summed E-state index contributed by atoms with van der Waals surface area (Å²) >= 11 is 3.39. The van der Waals surface area contributed by atoms with Crippen LogP contribution in [0.1, 0.15) is 25.6 Å². The largest absolute Gasteiger partial charge is 0.484 e. The number of hydrogen-bond acceptors (Lipinski definition) is 5. The molecule has 1 N–H and O–H groups in total. The summed E-state index contributed by atoms with van der Waals surface area (Å²) < 4.78 is 11.6. The van der Waals surface area contributed by atoms with Gasteiger partial charge in [-0.25, -0.2) is 0 Å². The number of carbonyl (C=O) groups excluding carboxylic acids is 1. The summed E-state index contributed by atoms with van der Waals surface area (Å²) in [7, 11) is 0. The van der Waals surface area contributed by atoms with E-state index < -0.39 is 0 Å². The molecule has 1 amide bonds. The van der Waals surface area contributed by atoms with Crippen LogP contribution in [0, 0.1) is 0 Å². The van der Waals surface area contributed by atoms with Crippen LogP contribution >= 0.6 is 15.9 Å². The van der Waals surface area contributed by atoms with E-state index in [0.29, 0.717) is 23.2 Å². The molecule has 0 aliphatic carbocycles.